The van der Waals surface area contributed by atoms with Crippen molar-refractivity contribution in [2.24, 2.45) is 5.41 Å². The second kappa shape index (κ2) is 3.87. The van der Waals surface area contributed by atoms with Gasteiger partial charge in [0.2, 0.25) is 0 Å². The van der Waals surface area contributed by atoms with Crippen LogP contribution in [0.1, 0.15) is 19.4 Å². The second-order valence-corrected chi connectivity index (χ2v) is 5.96. The molecule has 1 aromatic carbocycles. The molecule has 1 saturated heterocycles. The lowest BCUT2D eigenvalue weighted by molar-refractivity contribution is 0.0234. The fourth-order valence-electron chi connectivity index (χ4n) is 2.18. The van der Waals surface area contributed by atoms with Crippen LogP contribution in [0.15, 0.2) is 22.7 Å². The molecule has 0 aliphatic carbocycles. The zero-order chi connectivity index (χ0) is 11.1. The van der Waals surface area contributed by atoms with Crippen LogP contribution < -0.4 is 0 Å². The van der Waals surface area contributed by atoms with Gasteiger partial charge in [-0.3, -0.25) is 4.90 Å². The highest BCUT2D eigenvalue weighted by atomic mass is 79.9. The van der Waals surface area contributed by atoms with Crippen molar-refractivity contribution in [2.45, 2.75) is 20.4 Å². The van der Waals surface area contributed by atoms with E-state index >= 15 is 0 Å². The molecule has 0 radical (unpaired) electrons. The molecule has 1 aliphatic rings. The van der Waals surface area contributed by atoms with Crippen LogP contribution in [-0.4, -0.2) is 18.0 Å². The third-order valence-corrected chi connectivity index (χ3v) is 3.20. The first kappa shape index (κ1) is 11.1. The van der Waals surface area contributed by atoms with E-state index < -0.39 is 0 Å². The van der Waals surface area contributed by atoms with Crippen molar-refractivity contribution in [3.8, 4) is 0 Å². The van der Waals surface area contributed by atoms with Gasteiger partial charge in [0.15, 0.2) is 0 Å². The highest BCUT2D eigenvalue weighted by Gasteiger charge is 2.33. The summed E-state index contributed by atoms with van der Waals surface area (Å²) in [5.74, 6) is -0.108. The number of halogens is 2. The summed E-state index contributed by atoms with van der Waals surface area (Å²) in [5, 5.41) is 0. The van der Waals surface area contributed by atoms with Gasteiger partial charge in [-0.15, -0.1) is 0 Å². The van der Waals surface area contributed by atoms with E-state index in [0.29, 0.717) is 12.0 Å². The molecule has 3 heteroatoms. The van der Waals surface area contributed by atoms with Crippen molar-refractivity contribution in [1.82, 2.24) is 4.90 Å². The first-order chi connectivity index (χ1) is 6.96. The van der Waals surface area contributed by atoms with Crippen LogP contribution in [0.4, 0.5) is 4.39 Å². The van der Waals surface area contributed by atoms with E-state index in [-0.39, 0.29) is 5.82 Å². The van der Waals surface area contributed by atoms with Gasteiger partial charge in [0.25, 0.3) is 0 Å². The Labute approximate surface area is 98.4 Å². The normalized spacial score (nSPS) is 20.0. The fraction of sp³-hybridized carbons (Fsp3) is 0.500. The average Bonchev–Trinajstić information content (AvgIpc) is 2.08. The Morgan fingerprint density at radius 1 is 1.40 bits per heavy atom. The fourth-order valence-corrected chi connectivity index (χ4v) is 2.59. The third-order valence-electron chi connectivity index (χ3n) is 2.70. The van der Waals surface area contributed by atoms with Crippen molar-refractivity contribution < 1.29 is 4.39 Å². The maximum Gasteiger partial charge on any atom is 0.127 e. The molecular weight excluding hydrogens is 257 g/mol. The summed E-state index contributed by atoms with van der Waals surface area (Å²) in [7, 11) is 0. The van der Waals surface area contributed by atoms with Crippen molar-refractivity contribution in [3.05, 3.63) is 34.1 Å². The molecule has 0 amide bonds. The molecule has 1 nitrogen and oxygen atoms in total. The van der Waals surface area contributed by atoms with Gasteiger partial charge >= 0.3 is 0 Å². The van der Waals surface area contributed by atoms with Crippen molar-refractivity contribution >= 4 is 15.9 Å². The van der Waals surface area contributed by atoms with E-state index in [2.05, 4.69) is 34.7 Å². The molecule has 15 heavy (non-hydrogen) atoms. The van der Waals surface area contributed by atoms with Gasteiger partial charge in [-0.05, 0) is 23.6 Å². The Morgan fingerprint density at radius 2 is 2.07 bits per heavy atom. The highest BCUT2D eigenvalue weighted by Crippen LogP contribution is 2.30. The second-order valence-electron chi connectivity index (χ2n) is 5.05. The predicted molar refractivity (Wildman–Crippen MR) is 63.2 cm³/mol. The lowest BCUT2D eigenvalue weighted by atomic mass is 9.84. The summed E-state index contributed by atoms with van der Waals surface area (Å²) in [4.78, 5) is 2.27. The Hall–Kier alpha value is -0.410. The molecule has 0 bridgehead atoms. The highest BCUT2D eigenvalue weighted by molar-refractivity contribution is 9.10. The van der Waals surface area contributed by atoms with E-state index in [4.69, 9.17) is 0 Å². The molecule has 1 aliphatic heterocycles. The topological polar surface area (TPSA) is 3.24 Å². The molecule has 2 rings (SSSR count). The van der Waals surface area contributed by atoms with E-state index in [1.807, 2.05) is 6.07 Å². The summed E-state index contributed by atoms with van der Waals surface area (Å²) < 4.78 is 14.4. The van der Waals surface area contributed by atoms with E-state index in [0.717, 1.165) is 23.1 Å². The summed E-state index contributed by atoms with van der Waals surface area (Å²) in [6.45, 7) is 7.30. The number of rotatable bonds is 2. The van der Waals surface area contributed by atoms with E-state index in [9.17, 15) is 4.39 Å². The average molecular weight is 272 g/mol. The molecule has 0 aromatic heterocycles. The Balaban J connectivity index is 2.03. The lowest BCUT2D eigenvalue weighted by Crippen LogP contribution is -2.52. The summed E-state index contributed by atoms with van der Waals surface area (Å²) in [6.07, 6.45) is 0. The maximum atomic E-state index is 13.4. The predicted octanol–water partition coefficient (Wildman–Crippen LogP) is 3.43. The smallest absolute Gasteiger partial charge is 0.127 e. The van der Waals surface area contributed by atoms with Crippen LogP contribution in [-0.2, 0) is 6.54 Å². The van der Waals surface area contributed by atoms with E-state index in [1.165, 1.54) is 6.07 Å². The van der Waals surface area contributed by atoms with Crippen molar-refractivity contribution in [2.75, 3.05) is 13.1 Å². The zero-order valence-electron chi connectivity index (χ0n) is 9.06. The molecule has 1 fully saturated rings. The van der Waals surface area contributed by atoms with Gasteiger partial charge in [-0.25, -0.2) is 4.39 Å². The molecular formula is C12H15BrFN. The minimum atomic E-state index is -0.108. The lowest BCUT2D eigenvalue weighted by Gasteiger charge is -2.46. The third kappa shape index (κ3) is 2.58. The zero-order valence-corrected chi connectivity index (χ0v) is 10.6. The van der Waals surface area contributed by atoms with Crippen LogP contribution in [0.2, 0.25) is 0 Å². The SMILES string of the molecule is CC1(C)CN(Cc2cc(Br)ccc2F)C1. The van der Waals surface area contributed by atoms with Crippen molar-refractivity contribution in [3.63, 3.8) is 0 Å². The maximum absolute atomic E-state index is 13.4. The summed E-state index contributed by atoms with van der Waals surface area (Å²) >= 11 is 3.36. The van der Waals surface area contributed by atoms with Gasteiger partial charge in [-0.2, -0.15) is 0 Å². The largest absolute Gasteiger partial charge is 0.298 e. The molecule has 0 unspecified atom stereocenters. The number of nitrogens with zero attached hydrogens (tertiary/aromatic N) is 1. The van der Waals surface area contributed by atoms with Crippen LogP contribution in [0.25, 0.3) is 0 Å². The number of benzene rings is 1. The van der Waals surface area contributed by atoms with Crippen LogP contribution in [0.3, 0.4) is 0 Å². The molecule has 0 saturated carbocycles. The molecule has 0 spiro atoms. The number of hydrogen-bond acceptors (Lipinski definition) is 1. The van der Waals surface area contributed by atoms with Crippen LogP contribution >= 0.6 is 15.9 Å². The minimum Gasteiger partial charge on any atom is -0.298 e. The Bertz CT molecular complexity index is 368. The number of hydrogen-bond donors (Lipinski definition) is 0. The first-order valence-corrected chi connectivity index (χ1v) is 5.92. The van der Waals surface area contributed by atoms with Crippen LogP contribution in [0, 0.1) is 11.2 Å². The Morgan fingerprint density at radius 3 is 2.67 bits per heavy atom. The molecule has 1 aromatic rings. The van der Waals surface area contributed by atoms with Gasteiger partial charge in [0, 0.05) is 29.7 Å². The molecule has 0 atom stereocenters. The van der Waals surface area contributed by atoms with Gasteiger partial charge in [0.1, 0.15) is 5.82 Å². The Kier molecular flexibility index (Phi) is 2.86. The standard InChI is InChI=1S/C12H15BrFN/c1-12(2)7-15(8-12)6-9-5-10(13)3-4-11(9)14/h3-5H,6-8H2,1-2H3. The quantitative estimate of drug-likeness (QED) is 0.797. The summed E-state index contributed by atoms with van der Waals surface area (Å²) in [5.41, 5.74) is 1.18. The molecule has 1 heterocycles. The first-order valence-electron chi connectivity index (χ1n) is 5.13. The van der Waals surface area contributed by atoms with Crippen LogP contribution in [0.5, 0.6) is 0 Å². The minimum absolute atomic E-state index is 0.108. The monoisotopic (exact) mass is 271 g/mol. The van der Waals surface area contributed by atoms with Gasteiger partial charge < -0.3 is 0 Å². The van der Waals surface area contributed by atoms with Gasteiger partial charge in [-0.1, -0.05) is 29.8 Å². The van der Waals surface area contributed by atoms with Gasteiger partial charge in [0.05, 0.1) is 0 Å². The summed E-state index contributed by atoms with van der Waals surface area (Å²) in [6, 6.07) is 5.11. The van der Waals surface area contributed by atoms with E-state index in [1.54, 1.807) is 6.07 Å². The number of likely N-dealkylation sites (tertiary alicyclic amines) is 1. The molecule has 0 N–H and O–H groups in total. The molecule has 82 valence electrons. The van der Waals surface area contributed by atoms with Crippen molar-refractivity contribution in [1.29, 1.82) is 0 Å².